The van der Waals surface area contributed by atoms with Gasteiger partial charge in [-0.1, -0.05) is 12.1 Å². The molecule has 2 aromatic rings. The number of nitrogens with one attached hydrogen (secondary N) is 1. The fourth-order valence-electron chi connectivity index (χ4n) is 3.17. The predicted molar refractivity (Wildman–Crippen MR) is 99.0 cm³/mol. The molecule has 4 nitrogen and oxygen atoms in total. The van der Waals surface area contributed by atoms with E-state index in [2.05, 4.69) is 4.72 Å². The third-order valence-electron chi connectivity index (χ3n) is 4.59. The van der Waals surface area contributed by atoms with Crippen LogP contribution in [0.25, 0.3) is 0 Å². The summed E-state index contributed by atoms with van der Waals surface area (Å²) in [5, 5.41) is 2.02. The smallest absolute Gasteiger partial charge is 0.240 e. The monoisotopic (exact) mass is 364 g/mol. The number of sulfonamides is 1. The summed E-state index contributed by atoms with van der Waals surface area (Å²) in [5.41, 5.74) is 2.48. The highest BCUT2D eigenvalue weighted by atomic mass is 32.2. The van der Waals surface area contributed by atoms with E-state index in [0.717, 1.165) is 24.1 Å². The van der Waals surface area contributed by atoms with Gasteiger partial charge in [-0.25, -0.2) is 13.1 Å². The van der Waals surface area contributed by atoms with E-state index in [9.17, 15) is 8.42 Å². The second-order valence-corrected chi connectivity index (χ2v) is 9.23. The summed E-state index contributed by atoms with van der Waals surface area (Å²) in [6.45, 7) is 0.368. The molecular formula is C18H24N2O2S2. The Morgan fingerprint density at radius 2 is 1.92 bits per heavy atom. The van der Waals surface area contributed by atoms with Gasteiger partial charge in [-0.3, -0.25) is 0 Å². The zero-order chi connectivity index (χ0) is 17.2. The maximum Gasteiger partial charge on any atom is 0.240 e. The van der Waals surface area contributed by atoms with E-state index in [1.807, 2.05) is 48.6 Å². The average molecular weight is 365 g/mol. The summed E-state index contributed by atoms with van der Waals surface area (Å²) in [6.07, 6.45) is 4.38. The topological polar surface area (TPSA) is 49.4 Å². The molecule has 0 unspecified atom stereocenters. The molecule has 24 heavy (non-hydrogen) atoms. The molecule has 1 aromatic carbocycles. The molecule has 1 atom stereocenters. The quantitative estimate of drug-likeness (QED) is 0.856. The van der Waals surface area contributed by atoms with Crippen molar-refractivity contribution in [1.82, 2.24) is 9.62 Å². The molecule has 6 heteroatoms. The van der Waals surface area contributed by atoms with Crippen molar-refractivity contribution in [2.24, 2.45) is 0 Å². The molecule has 0 fully saturated rings. The van der Waals surface area contributed by atoms with Crippen molar-refractivity contribution in [2.45, 2.75) is 36.6 Å². The van der Waals surface area contributed by atoms with Crippen molar-refractivity contribution >= 4 is 21.4 Å². The lowest BCUT2D eigenvalue weighted by Crippen LogP contribution is -2.34. The molecule has 1 N–H and O–H groups in total. The van der Waals surface area contributed by atoms with Crippen LogP contribution in [0.5, 0.6) is 0 Å². The Morgan fingerprint density at radius 1 is 1.17 bits per heavy atom. The maximum absolute atomic E-state index is 12.7. The van der Waals surface area contributed by atoms with E-state index in [0.29, 0.717) is 11.4 Å². The van der Waals surface area contributed by atoms with Crippen molar-refractivity contribution in [2.75, 3.05) is 20.6 Å². The standard InChI is InChI=1S/C18H24N2O2S2/c1-20(2)17(18-8-5-11-23-18)13-19-24(21,22)16-10-9-14-6-3-4-7-15(14)12-16/h5,8-12,17,19H,3-4,6-7,13H2,1-2H3/t17-/m1/s1. The fourth-order valence-corrected chi connectivity index (χ4v) is 5.18. The molecular weight excluding hydrogens is 340 g/mol. The molecule has 0 radical (unpaired) electrons. The SMILES string of the molecule is CN(C)[C@H](CNS(=O)(=O)c1ccc2c(c1)CCCC2)c1cccs1. The molecule has 0 amide bonds. The molecule has 1 aromatic heterocycles. The summed E-state index contributed by atoms with van der Waals surface area (Å²) in [5.74, 6) is 0. The second kappa shape index (κ2) is 7.35. The second-order valence-electron chi connectivity index (χ2n) is 6.48. The van der Waals surface area contributed by atoms with Gasteiger partial charge in [-0.05, 0) is 74.5 Å². The summed E-state index contributed by atoms with van der Waals surface area (Å²) in [6, 6.07) is 9.65. The number of hydrogen-bond acceptors (Lipinski definition) is 4. The lowest BCUT2D eigenvalue weighted by atomic mass is 9.92. The molecule has 0 spiro atoms. The van der Waals surface area contributed by atoms with Gasteiger partial charge in [0.15, 0.2) is 0 Å². The number of likely N-dealkylation sites (N-methyl/N-ethyl adjacent to an activating group) is 1. The van der Waals surface area contributed by atoms with E-state index in [-0.39, 0.29) is 6.04 Å². The van der Waals surface area contributed by atoms with Gasteiger partial charge in [0, 0.05) is 11.4 Å². The van der Waals surface area contributed by atoms with Gasteiger partial charge >= 0.3 is 0 Å². The number of hydrogen-bond donors (Lipinski definition) is 1. The van der Waals surface area contributed by atoms with Crippen LogP contribution in [0.4, 0.5) is 0 Å². The van der Waals surface area contributed by atoms with Gasteiger partial charge in [0.2, 0.25) is 10.0 Å². The molecule has 0 saturated carbocycles. The maximum atomic E-state index is 12.7. The van der Waals surface area contributed by atoms with Crippen LogP contribution in [-0.4, -0.2) is 34.0 Å². The zero-order valence-electron chi connectivity index (χ0n) is 14.2. The van der Waals surface area contributed by atoms with Gasteiger partial charge in [0.25, 0.3) is 0 Å². The van der Waals surface area contributed by atoms with Crippen molar-refractivity contribution < 1.29 is 8.42 Å². The van der Waals surface area contributed by atoms with Crippen molar-refractivity contribution in [1.29, 1.82) is 0 Å². The van der Waals surface area contributed by atoms with Crippen molar-refractivity contribution in [3.8, 4) is 0 Å². The van der Waals surface area contributed by atoms with Crippen LogP contribution >= 0.6 is 11.3 Å². The van der Waals surface area contributed by atoms with Crippen LogP contribution in [0.3, 0.4) is 0 Å². The van der Waals surface area contributed by atoms with Crippen LogP contribution in [0, 0.1) is 0 Å². The first-order valence-electron chi connectivity index (χ1n) is 8.28. The minimum atomic E-state index is -3.49. The van der Waals surface area contributed by atoms with Crippen molar-refractivity contribution in [3.63, 3.8) is 0 Å². The highest BCUT2D eigenvalue weighted by Gasteiger charge is 2.21. The number of rotatable bonds is 6. The van der Waals surface area contributed by atoms with E-state index in [1.54, 1.807) is 17.4 Å². The van der Waals surface area contributed by atoms with Gasteiger partial charge in [0.1, 0.15) is 0 Å². The predicted octanol–water partition coefficient (Wildman–Crippen LogP) is 3.21. The van der Waals surface area contributed by atoms with Crippen LogP contribution in [-0.2, 0) is 22.9 Å². The lowest BCUT2D eigenvalue weighted by molar-refractivity contribution is 0.303. The van der Waals surface area contributed by atoms with E-state index in [1.165, 1.54) is 17.5 Å². The summed E-state index contributed by atoms with van der Waals surface area (Å²) in [7, 11) is 0.454. The Kier molecular flexibility index (Phi) is 5.39. The van der Waals surface area contributed by atoms with Gasteiger partial charge < -0.3 is 4.90 Å². The number of nitrogens with zero attached hydrogens (tertiary/aromatic N) is 1. The minimum Gasteiger partial charge on any atom is -0.300 e. The number of benzene rings is 1. The highest BCUT2D eigenvalue weighted by molar-refractivity contribution is 7.89. The number of aryl methyl sites for hydroxylation is 2. The zero-order valence-corrected chi connectivity index (χ0v) is 15.8. The molecule has 1 aliphatic carbocycles. The summed E-state index contributed by atoms with van der Waals surface area (Å²) >= 11 is 1.65. The first-order valence-corrected chi connectivity index (χ1v) is 10.6. The van der Waals surface area contributed by atoms with E-state index in [4.69, 9.17) is 0 Å². The van der Waals surface area contributed by atoms with Gasteiger partial charge in [-0.2, -0.15) is 0 Å². The Bertz CT molecular complexity index is 783. The largest absolute Gasteiger partial charge is 0.300 e. The molecule has 0 bridgehead atoms. The molecule has 3 rings (SSSR count). The molecule has 0 aliphatic heterocycles. The molecule has 130 valence electrons. The molecule has 0 saturated heterocycles. The van der Waals surface area contributed by atoms with Gasteiger partial charge in [-0.15, -0.1) is 11.3 Å². The van der Waals surface area contributed by atoms with E-state index >= 15 is 0 Å². The fraction of sp³-hybridized carbons (Fsp3) is 0.444. The van der Waals surface area contributed by atoms with Crippen LogP contribution in [0.1, 0.15) is 34.9 Å². The van der Waals surface area contributed by atoms with Crippen LogP contribution in [0.15, 0.2) is 40.6 Å². The Hall–Kier alpha value is -1.21. The molecule has 1 aliphatic rings. The Morgan fingerprint density at radius 3 is 2.58 bits per heavy atom. The molecule has 1 heterocycles. The Balaban J connectivity index is 1.76. The lowest BCUT2D eigenvalue weighted by Gasteiger charge is -2.23. The first kappa shape index (κ1) is 17.6. The summed E-state index contributed by atoms with van der Waals surface area (Å²) in [4.78, 5) is 3.58. The summed E-state index contributed by atoms with van der Waals surface area (Å²) < 4.78 is 28.2. The first-order chi connectivity index (χ1) is 11.5. The van der Waals surface area contributed by atoms with Crippen LogP contribution < -0.4 is 4.72 Å². The minimum absolute atomic E-state index is 0.0393. The van der Waals surface area contributed by atoms with Gasteiger partial charge in [0.05, 0.1) is 10.9 Å². The third-order valence-corrected chi connectivity index (χ3v) is 6.99. The van der Waals surface area contributed by atoms with Crippen molar-refractivity contribution in [3.05, 3.63) is 51.7 Å². The van der Waals surface area contributed by atoms with E-state index < -0.39 is 10.0 Å². The highest BCUT2D eigenvalue weighted by Crippen LogP contribution is 2.25. The average Bonchev–Trinajstić information content (AvgIpc) is 3.08. The third kappa shape index (κ3) is 3.88. The normalized spacial score (nSPS) is 16.1. The Labute approximate surface area is 148 Å². The van der Waals surface area contributed by atoms with Crippen LogP contribution in [0.2, 0.25) is 0 Å². The number of thiophene rings is 1. The number of fused-ring (bicyclic) bond motifs is 1.